The number of nitrogens with zero attached hydrogens (tertiary/aromatic N) is 2. The van der Waals surface area contributed by atoms with Gasteiger partial charge in [0, 0.05) is 18.2 Å². The van der Waals surface area contributed by atoms with E-state index in [0.717, 1.165) is 6.42 Å². The molecule has 0 atom stereocenters. The van der Waals surface area contributed by atoms with Crippen LogP contribution in [-0.4, -0.2) is 23.4 Å². The predicted molar refractivity (Wildman–Crippen MR) is 72.2 cm³/mol. The molecule has 1 amide bonds. The molecule has 3 heteroatoms. The average Bonchev–Trinajstić information content (AvgIpc) is 2.38. The maximum Gasteiger partial charge on any atom is 0.254 e. The number of benzene rings is 1. The smallest absolute Gasteiger partial charge is 0.254 e. The van der Waals surface area contributed by atoms with Crippen LogP contribution < -0.4 is 0 Å². The van der Waals surface area contributed by atoms with Gasteiger partial charge in [0.1, 0.15) is 0 Å². The summed E-state index contributed by atoms with van der Waals surface area (Å²) in [5, 5.41) is 8.63. The number of rotatable bonds is 5. The number of carbonyl (C=O) groups excluding carboxylic acids is 1. The minimum Gasteiger partial charge on any atom is -0.335 e. The quantitative estimate of drug-likeness (QED) is 0.799. The standard InChI is InChI=1S/C15H20N2O/c1-4-13-6-8-14(9-7-13)15(18)17(12(2)3)11-5-10-16/h6-9,12H,4-5,11H2,1-3H3. The van der Waals surface area contributed by atoms with Gasteiger partial charge in [-0.1, -0.05) is 19.1 Å². The van der Waals surface area contributed by atoms with Gasteiger partial charge in [-0.2, -0.15) is 5.26 Å². The van der Waals surface area contributed by atoms with Crippen LogP contribution in [0.5, 0.6) is 0 Å². The molecule has 0 aromatic heterocycles. The van der Waals surface area contributed by atoms with Crippen molar-refractivity contribution in [3.63, 3.8) is 0 Å². The van der Waals surface area contributed by atoms with Crippen LogP contribution >= 0.6 is 0 Å². The van der Waals surface area contributed by atoms with Crippen LogP contribution in [0.1, 0.15) is 43.1 Å². The first kappa shape index (κ1) is 14.2. The molecule has 0 aliphatic carbocycles. The van der Waals surface area contributed by atoms with E-state index < -0.39 is 0 Å². The fourth-order valence-electron chi connectivity index (χ4n) is 1.81. The van der Waals surface area contributed by atoms with Crippen LogP contribution in [0.25, 0.3) is 0 Å². The molecule has 0 saturated carbocycles. The molecule has 0 saturated heterocycles. The fourth-order valence-corrected chi connectivity index (χ4v) is 1.81. The van der Waals surface area contributed by atoms with Crippen LogP contribution in [0, 0.1) is 11.3 Å². The van der Waals surface area contributed by atoms with Gasteiger partial charge >= 0.3 is 0 Å². The summed E-state index contributed by atoms with van der Waals surface area (Å²) in [7, 11) is 0. The van der Waals surface area contributed by atoms with Crippen molar-refractivity contribution in [1.29, 1.82) is 5.26 Å². The largest absolute Gasteiger partial charge is 0.335 e. The van der Waals surface area contributed by atoms with Crippen molar-refractivity contribution in [3.8, 4) is 6.07 Å². The SMILES string of the molecule is CCc1ccc(C(=O)N(CCC#N)C(C)C)cc1. The zero-order chi connectivity index (χ0) is 13.5. The normalized spacial score (nSPS) is 10.2. The molecule has 1 aromatic carbocycles. The summed E-state index contributed by atoms with van der Waals surface area (Å²) in [6.07, 6.45) is 1.34. The molecule has 0 N–H and O–H groups in total. The third kappa shape index (κ3) is 3.59. The van der Waals surface area contributed by atoms with Crippen molar-refractivity contribution in [1.82, 2.24) is 4.90 Å². The van der Waals surface area contributed by atoms with Crippen LogP contribution in [-0.2, 0) is 6.42 Å². The maximum atomic E-state index is 12.3. The molecule has 96 valence electrons. The molecule has 0 aliphatic rings. The highest BCUT2D eigenvalue weighted by Gasteiger charge is 2.17. The summed E-state index contributed by atoms with van der Waals surface area (Å²) in [6.45, 7) is 6.51. The molecule has 18 heavy (non-hydrogen) atoms. The highest BCUT2D eigenvalue weighted by atomic mass is 16.2. The molecule has 0 radical (unpaired) electrons. The number of amides is 1. The Balaban J connectivity index is 2.84. The zero-order valence-corrected chi connectivity index (χ0v) is 11.3. The van der Waals surface area contributed by atoms with E-state index in [0.29, 0.717) is 18.5 Å². The van der Waals surface area contributed by atoms with Gasteiger partial charge in [-0.05, 0) is 38.0 Å². The van der Waals surface area contributed by atoms with Crippen LogP contribution in [0.15, 0.2) is 24.3 Å². The van der Waals surface area contributed by atoms with E-state index in [1.807, 2.05) is 38.1 Å². The average molecular weight is 244 g/mol. The lowest BCUT2D eigenvalue weighted by Crippen LogP contribution is -2.37. The van der Waals surface area contributed by atoms with E-state index in [4.69, 9.17) is 5.26 Å². The second kappa shape index (κ2) is 6.80. The third-order valence-corrected chi connectivity index (χ3v) is 2.96. The molecule has 0 spiro atoms. The zero-order valence-electron chi connectivity index (χ0n) is 11.3. The highest BCUT2D eigenvalue weighted by Crippen LogP contribution is 2.11. The van der Waals surface area contributed by atoms with Crippen molar-refractivity contribution in [2.45, 2.75) is 39.7 Å². The predicted octanol–water partition coefficient (Wildman–Crippen LogP) is 3.01. The van der Waals surface area contributed by atoms with Gasteiger partial charge in [-0.15, -0.1) is 0 Å². The first-order chi connectivity index (χ1) is 8.60. The molecule has 0 unspecified atom stereocenters. The van der Waals surface area contributed by atoms with E-state index in [-0.39, 0.29) is 11.9 Å². The van der Waals surface area contributed by atoms with Gasteiger partial charge < -0.3 is 4.90 Å². The van der Waals surface area contributed by atoms with E-state index in [2.05, 4.69) is 13.0 Å². The first-order valence-corrected chi connectivity index (χ1v) is 6.37. The minimum atomic E-state index is 0.00269. The molecular formula is C15H20N2O. The van der Waals surface area contributed by atoms with Gasteiger partial charge in [0.15, 0.2) is 0 Å². The van der Waals surface area contributed by atoms with E-state index in [1.165, 1.54) is 5.56 Å². The van der Waals surface area contributed by atoms with Crippen LogP contribution in [0.3, 0.4) is 0 Å². The van der Waals surface area contributed by atoms with E-state index >= 15 is 0 Å². The number of hydrogen-bond donors (Lipinski definition) is 0. The summed E-state index contributed by atoms with van der Waals surface area (Å²) in [6, 6.07) is 9.88. The van der Waals surface area contributed by atoms with Crippen LogP contribution in [0.4, 0.5) is 0 Å². The first-order valence-electron chi connectivity index (χ1n) is 6.37. The molecular weight excluding hydrogens is 224 g/mol. The van der Waals surface area contributed by atoms with Crippen molar-refractivity contribution < 1.29 is 4.79 Å². The molecule has 1 rings (SSSR count). The van der Waals surface area contributed by atoms with E-state index in [9.17, 15) is 4.79 Å². The Kier molecular flexibility index (Phi) is 5.38. The Morgan fingerprint density at radius 1 is 1.33 bits per heavy atom. The second-order valence-corrected chi connectivity index (χ2v) is 4.55. The number of hydrogen-bond acceptors (Lipinski definition) is 2. The van der Waals surface area contributed by atoms with Gasteiger partial charge in [0.2, 0.25) is 0 Å². The summed E-state index contributed by atoms with van der Waals surface area (Å²) in [5.74, 6) is 0.00269. The second-order valence-electron chi connectivity index (χ2n) is 4.55. The van der Waals surface area contributed by atoms with Gasteiger partial charge in [0.05, 0.1) is 12.5 Å². The molecule has 0 bridgehead atoms. The van der Waals surface area contributed by atoms with Gasteiger partial charge in [-0.3, -0.25) is 4.79 Å². The van der Waals surface area contributed by atoms with Crippen molar-refractivity contribution in [2.75, 3.05) is 6.54 Å². The summed E-state index contributed by atoms with van der Waals surface area (Å²) >= 11 is 0. The summed E-state index contributed by atoms with van der Waals surface area (Å²) < 4.78 is 0. The van der Waals surface area contributed by atoms with Crippen molar-refractivity contribution in [2.24, 2.45) is 0 Å². The minimum absolute atomic E-state index is 0.00269. The van der Waals surface area contributed by atoms with Gasteiger partial charge in [0.25, 0.3) is 5.91 Å². The summed E-state index contributed by atoms with van der Waals surface area (Å²) in [4.78, 5) is 14.0. The Morgan fingerprint density at radius 3 is 2.39 bits per heavy atom. The van der Waals surface area contributed by atoms with Crippen molar-refractivity contribution >= 4 is 5.91 Å². The Labute approximate surface area is 109 Å². The van der Waals surface area contributed by atoms with Gasteiger partial charge in [-0.25, -0.2) is 0 Å². The lowest BCUT2D eigenvalue weighted by Gasteiger charge is -2.26. The Morgan fingerprint density at radius 2 is 1.94 bits per heavy atom. The highest BCUT2D eigenvalue weighted by molar-refractivity contribution is 5.94. The maximum absolute atomic E-state index is 12.3. The number of nitriles is 1. The molecule has 0 heterocycles. The molecule has 0 fully saturated rings. The molecule has 0 aliphatic heterocycles. The monoisotopic (exact) mass is 244 g/mol. The topological polar surface area (TPSA) is 44.1 Å². The lowest BCUT2D eigenvalue weighted by atomic mass is 10.1. The summed E-state index contributed by atoms with van der Waals surface area (Å²) in [5.41, 5.74) is 1.92. The molecule has 1 aromatic rings. The number of aryl methyl sites for hydroxylation is 1. The Hall–Kier alpha value is -1.82. The Bertz CT molecular complexity index is 429. The number of carbonyl (C=O) groups is 1. The van der Waals surface area contributed by atoms with Crippen molar-refractivity contribution in [3.05, 3.63) is 35.4 Å². The van der Waals surface area contributed by atoms with Crippen LogP contribution in [0.2, 0.25) is 0 Å². The third-order valence-electron chi connectivity index (χ3n) is 2.96. The van der Waals surface area contributed by atoms with E-state index in [1.54, 1.807) is 4.90 Å². The molecule has 3 nitrogen and oxygen atoms in total. The fraction of sp³-hybridized carbons (Fsp3) is 0.467. The lowest BCUT2D eigenvalue weighted by molar-refractivity contribution is 0.0710.